The molecule has 0 bridgehead atoms. The number of aliphatic imine (C=N–C) groups is 1. The topological polar surface area (TPSA) is 78.1 Å². The molecule has 0 saturated carbocycles. The van der Waals surface area contributed by atoms with E-state index in [2.05, 4.69) is 15.0 Å². The zero-order valence-corrected chi connectivity index (χ0v) is 18.3. The molecule has 0 amide bonds. The van der Waals surface area contributed by atoms with Crippen LogP contribution in [0.15, 0.2) is 47.5 Å². The van der Waals surface area contributed by atoms with Crippen LogP contribution in [-0.2, 0) is 6.42 Å². The van der Waals surface area contributed by atoms with Crippen molar-refractivity contribution >= 4 is 29.9 Å². The molecule has 1 atom stereocenters. The molecule has 0 saturated heterocycles. The molecule has 0 radical (unpaired) electrons. The third kappa shape index (κ3) is 6.34. The van der Waals surface area contributed by atoms with Gasteiger partial charge in [0.25, 0.3) is 0 Å². The smallest absolute Gasteiger partial charge is 0.387 e. The highest BCUT2D eigenvalue weighted by atomic mass is 127. The fourth-order valence-electron chi connectivity index (χ4n) is 3.09. The van der Waals surface area contributed by atoms with Gasteiger partial charge in [-0.2, -0.15) is 8.78 Å². The maximum Gasteiger partial charge on any atom is 0.387 e. The second-order valence-corrected chi connectivity index (χ2v) is 6.25. The van der Waals surface area contributed by atoms with Gasteiger partial charge in [0.15, 0.2) is 17.5 Å². The summed E-state index contributed by atoms with van der Waals surface area (Å²) in [6.07, 6.45) is 1.32. The van der Waals surface area contributed by atoms with E-state index >= 15 is 0 Å². The molecule has 6 nitrogen and oxygen atoms in total. The molecule has 0 spiro atoms. The normalized spacial score (nSPS) is 15.7. The molecular formula is C20H24F2IN3O3. The molecular weight excluding hydrogens is 495 g/mol. The Morgan fingerprint density at radius 2 is 2.07 bits per heavy atom. The first kappa shape index (κ1) is 23.0. The monoisotopic (exact) mass is 519 g/mol. The highest BCUT2D eigenvalue weighted by Gasteiger charge is 2.21. The van der Waals surface area contributed by atoms with Gasteiger partial charge in [0, 0.05) is 18.5 Å². The van der Waals surface area contributed by atoms with Crippen molar-refractivity contribution in [2.75, 3.05) is 20.3 Å². The van der Waals surface area contributed by atoms with Crippen molar-refractivity contribution in [1.82, 2.24) is 5.32 Å². The van der Waals surface area contributed by atoms with Gasteiger partial charge in [-0.25, -0.2) is 0 Å². The van der Waals surface area contributed by atoms with Gasteiger partial charge < -0.3 is 25.3 Å². The first-order valence-electron chi connectivity index (χ1n) is 8.96. The summed E-state index contributed by atoms with van der Waals surface area (Å²) in [5.41, 5.74) is 7.87. The predicted octanol–water partition coefficient (Wildman–Crippen LogP) is 3.89. The number of hydrogen-bond donors (Lipinski definition) is 2. The summed E-state index contributed by atoms with van der Waals surface area (Å²) in [5, 5.41) is 3.22. The highest BCUT2D eigenvalue weighted by molar-refractivity contribution is 14.0. The lowest BCUT2D eigenvalue weighted by Gasteiger charge is -2.26. The van der Waals surface area contributed by atoms with Crippen LogP contribution >= 0.6 is 24.0 Å². The fraction of sp³-hybridized carbons (Fsp3) is 0.350. The van der Waals surface area contributed by atoms with Crippen molar-refractivity contribution in [2.24, 2.45) is 10.7 Å². The Balaban J connectivity index is 0.00000300. The molecule has 0 aliphatic carbocycles. The van der Waals surface area contributed by atoms with Gasteiger partial charge in [-0.3, -0.25) is 4.99 Å². The first-order valence-corrected chi connectivity index (χ1v) is 8.96. The quantitative estimate of drug-likeness (QED) is 0.330. The van der Waals surface area contributed by atoms with Gasteiger partial charge >= 0.3 is 6.61 Å². The lowest BCUT2D eigenvalue weighted by atomic mass is 10.0. The molecule has 1 unspecified atom stereocenters. The van der Waals surface area contributed by atoms with E-state index in [1.165, 1.54) is 13.2 Å². The molecule has 1 aliphatic rings. The van der Waals surface area contributed by atoms with Crippen LogP contribution < -0.4 is 25.3 Å². The van der Waals surface area contributed by atoms with Crippen LogP contribution in [0.25, 0.3) is 0 Å². The number of fused-ring (bicyclic) bond motifs is 1. The number of nitrogens with two attached hydrogens (primary N) is 1. The molecule has 0 fully saturated rings. The largest absolute Gasteiger partial charge is 0.493 e. The molecule has 1 heterocycles. The van der Waals surface area contributed by atoms with E-state index in [9.17, 15) is 8.78 Å². The van der Waals surface area contributed by atoms with Gasteiger partial charge in [0.05, 0.1) is 19.8 Å². The Morgan fingerprint density at radius 3 is 2.83 bits per heavy atom. The van der Waals surface area contributed by atoms with E-state index in [4.69, 9.17) is 15.2 Å². The Bertz CT molecular complexity index is 836. The number of para-hydroxylation sites is 1. The third-order valence-electron chi connectivity index (χ3n) is 4.41. The number of guanidine groups is 1. The maximum atomic E-state index is 12.5. The Labute approximate surface area is 185 Å². The summed E-state index contributed by atoms with van der Waals surface area (Å²) < 4.78 is 40.2. The Morgan fingerprint density at radius 1 is 1.28 bits per heavy atom. The van der Waals surface area contributed by atoms with E-state index in [0.717, 1.165) is 23.3 Å². The lowest BCUT2D eigenvalue weighted by Crippen LogP contribution is -2.37. The summed E-state index contributed by atoms with van der Waals surface area (Å²) in [7, 11) is 1.40. The van der Waals surface area contributed by atoms with E-state index in [0.29, 0.717) is 25.5 Å². The van der Waals surface area contributed by atoms with E-state index < -0.39 is 6.61 Å². The lowest BCUT2D eigenvalue weighted by molar-refractivity contribution is -0.0512. The minimum atomic E-state index is -2.91. The summed E-state index contributed by atoms with van der Waals surface area (Å²) >= 11 is 0. The third-order valence-corrected chi connectivity index (χ3v) is 4.41. The minimum absolute atomic E-state index is 0. The molecule has 1 aliphatic heterocycles. The Hall–Kier alpha value is -2.30. The number of benzene rings is 2. The number of nitrogens with zero attached hydrogens (tertiary/aromatic N) is 1. The maximum absolute atomic E-state index is 12.5. The van der Waals surface area contributed by atoms with Crippen LogP contribution in [0.2, 0.25) is 0 Å². The Kier molecular flexibility index (Phi) is 8.74. The van der Waals surface area contributed by atoms with Crippen LogP contribution in [0, 0.1) is 0 Å². The van der Waals surface area contributed by atoms with Crippen LogP contribution in [0.5, 0.6) is 17.2 Å². The molecule has 9 heteroatoms. The molecule has 29 heavy (non-hydrogen) atoms. The van der Waals surface area contributed by atoms with Crippen molar-refractivity contribution in [3.63, 3.8) is 0 Å². The van der Waals surface area contributed by atoms with Crippen LogP contribution in [0.3, 0.4) is 0 Å². The van der Waals surface area contributed by atoms with Gasteiger partial charge in [0.1, 0.15) is 5.75 Å². The van der Waals surface area contributed by atoms with Crippen molar-refractivity contribution in [1.29, 1.82) is 0 Å². The van der Waals surface area contributed by atoms with Crippen LogP contribution in [-0.4, -0.2) is 32.8 Å². The van der Waals surface area contributed by atoms with Crippen LogP contribution in [0.1, 0.15) is 23.6 Å². The second-order valence-electron chi connectivity index (χ2n) is 6.25. The number of alkyl halides is 2. The molecule has 158 valence electrons. The summed E-state index contributed by atoms with van der Waals surface area (Å²) in [6.45, 7) is -1.89. The summed E-state index contributed by atoms with van der Waals surface area (Å²) in [4.78, 5) is 4.34. The summed E-state index contributed by atoms with van der Waals surface area (Å²) in [5.74, 6) is 1.44. The fourth-order valence-corrected chi connectivity index (χ4v) is 3.09. The number of rotatable bonds is 7. The van der Waals surface area contributed by atoms with Gasteiger partial charge in [-0.15, -0.1) is 24.0 Å². The van der Waals surface area contributed by atoms with Crippen LogP contribution in [0.4, 0.5) is 8.78 Å². The van der Waals surface area contributed by atoms with Crippen molar-refractivity contribution in [3.05, 3.63) is 53.6 Å². The molecule has 3 N–H and O–H groups in total. The summed E-state index contributed by atoms with van der Waals surface area (Å²) in [6, 6.07) is 12.8. The number of methoxy groups -OCH3 is 1. The van der Waals surface area contributed by atoms with E-state index in [-0.39, 0.29) is 41.5 Å². The van der Waals surface area contributed by atoms with Crippen molar-refractivity contribution in [3.8, 4) is 17.2 Å². The van der Waals surface area contributed by atoms with Gasteiger partial charge in [-0.1, -0.05) is 24.3 Å². The average Bonchev–Trinajstić information content (AvgIpc) is 2.68. The molecule has 2 aromatic carbocycles. The first-order chi connectivity index (χ1) is 13.6. The van der Waals surface area contributed by atoms with Crippen molar-refractivity contribution in [2.45, 2.75) is 25.5 Å². The standard InChI is InChI=1S/C20H23F2N3O3.HI/c1-26-17-7-6-13(12-18(17)28-19(21)22)8-10-24-20(23)25-15-9-11-27-16-5-3-2-4-14(15)16;/h2-7,12,15,19H,8-11H2,1H3,(H3,23,24,25);1H. The zero-order valence-electron chi connectivity index (χ0n) is 15.9. The van der Waals surface area contributed by atoms with E-state index in [1.807, 2.05) is 24.3 Å². The van der Waals surface area contributed by atoms with Crippen molar-refractivity contribution < 1.29 is 23.0 Å². The van der Waals surface area contributed by atoms with Gasteiger partial charge in [-0.05, 0) is 30.2 Å². The number of halogens is 3. The molecule has 3 rings (SSSR count). The number of ether oxygens (including phenoxy) is 3. The molecule has 2 aromatic rings. The predicted molar refractivity (Wildman–Crippen MR) is 118 cm³/mol. The highest BCUT2D eigenvalue weighted by Crippen LogP contribution is 2.31. The molecule has 0 aromatic heterocycles. The zero-order chi connectivity index (χ0) is 19.9. The van der Waals surface area contributed by atoms with E-state index in [1.54, 1.807) is 12.1 Å². The second kappa shape index (κ2) is 11.0. The SMILES string of the molecule is COc1ccc(CCN=C(N)NC2CCOc3ccccc32)cc1OC(F)F.I. The number of nitrogens with one attached hydrogen (secondary N) is 1. The van der Waals surface area contributed by atoms with Gasteiger partial charge in [0.2, 0.25) is 0 Å². The average molecular weight is 519 g/mol. The minimum Gasteiger partial charge on any atom is -0.493 e. The number of hydrogen-bond acceptors (Lipinski definition) is 4.